The van der Waals surface area contributed by atoms with E-state index in [0.29, 0.717) is 17.5 Å². The van der Waals surface area contributed by atoms with Gasteiger partial charge in [0.2, 0.25) is 0 Å². The van der Waals surface area contributed by atoms with Crippen molar-refractivity contribution >= 4 is 5.69 Å². The van der Waals surface area contributed by atoms with Crippen LogP contribution in [-0.2, 0) is 5.41 Å². The molecule has 1 aliphatic carbocycles. The summed E-state index contributed by atoms with van der Waals surface area (Å²) < 4.78 is 0. The molecule has 7 aromatic carbocycles. The molecular formula is C46H32N4. The van der Waals surface area contributed by atoms with Crippen LogP contribution in [0.3, 0.4) is 0 Å². The molecule has 0 amide bonds. The first-order valence-corrected chi connectivity index (χ1v) is 16.8. The van der Waals surface area contributed by atoms with Crippen LogP contribution >= 0.6 is 0 Å². The van der Waals surface area contributed by atoms with Crippen molar-refractivity contribution in [3.05, 3.63) is 204 Å². The van der Waals surface area contributed by atoms with Crippen molar-refractivity contribution in [3.8, 4) is 56.4 Å². The Bertz CT molecular complexity index is 2430. The number of para-hydroxylation sites is 1. The van der Waals surface area contributed by atoms with Gasteiger partial charge in [-0.05, 0) is 45.0 Å². The molecule has 236 valence electrons. The summed E-state index contributed by atoms with van der Waals surface area (Å²) in [6.45, 7) is 0. The first-order valence-electron chi connectivity index (χ1n) is 16.8. The summed E-state index contributed by atoms with van der Waals surface area (Å²) in [5.74, 6) is 1.87. The number of rotatable bonds is 6. The summed E-state index contributed by atoms with van der Waals surface area (Å²) in [4.78, 5) is 15.4. The summed E-state index contributed by atoms with van der Waals surface area (Å²) in [5.41, 5.74) is 18.6. The number of nitrogen functional groups attached to an aromatic ring is 1. The molecule has 4 heteroatoms. The minimum absolute atomic E-state index is 0.516. The van der Waals surface area contributed by atoms with E-state index in [9.17, 15) is 0 Å². The Hall–Kier alpha value is -6.65. The molecule has 50 heavy (non-hydrogen) atoms. The van der Waals surface area contributed by atoms with Gasteiger partial charge in [-0.25, -0.2) is 15.0 Å². The summed E-state index contributed by atoms with van der Waals surface area (Å²) >= 11 is 0. The molecule has 0 saturated carbocycles. The number of nitrogens with zero attached hydrogens (tertiary/aromatic N) is 3. The molecule has 0 bridgehead atoms. The molecule has 0 radical (unpaired) electrons. The lowest BCUT2D eigenvalue weighted by atomic mass is 9.67. The van der Waals surface area contributed by atoms with Crippen LogP contribution in [0, 0.1) is 0 Å². The Labute approximate surface area is 291 Å². The van der Waals surface area contributed by atoms with Crippen LogP contribution in [0.5, 0.6) is 0 Å². The minimum Gasteiger partial charge on any atom is -0.398 e. The van der Waals surface area contributed by atoms with Gasteiger partial charge < -0.3 is 5.73 Å². The van der Waals surface area contributed by atoms with Crippen LogP contribution in [-0.4, -0.2) is 15.0 Å². The molecule has 8 aromatic rings. The molecule has 1 aliphatic rings. The number of benzene rings is 7. The van der Waals surface area contributed by atoms with E-state index in [1.807, 2.05) is 54.6 Å². The van der Waals surface area contributed by atoms with Gasteiger partial charge in [0.15, 0.2) is 17.5 Å². The maximum Gasteiger partial charge on any atom is 0.164 e. The predicted molar refractivity (Wildman–Crippen MR) is 203 cm³/mol. The fourth-order valence-electron chi connectivity index (χ4n) is 7.58. The van der Waals surface area contributed by atoms with Gasteiger partial charge in [0.1, 0.15) is 0 Å². The Morgan fingerprint density at radius 2 is 0.800 bits per heavy atom. The maximum atomic E-state index is 6.31. The van der Waals surface area contributed by atoms with Gasteiger partial charge in [0.05, 0.1) is 5.41 Å². The zero-order valence-corrected chi connectivity index (χ0v) is 27.2. The highest BCUT2D eigenvalue weighted by atomic mass is 15.0. The van der Waals surface area contributed by atoms with Crippen molar-refractivity contribution in [3.63, 3.8) is 0 Å². The van der Waals surface area contributed by atoms with Crippen LogP contribution in [0.2, 0.25) is 0 Å². The SMILES string of the molecule is Nc1ccccc1-c1ccc(-c2nc(-c3ccccc3)nc(-c3cccc4c3-c3ccccc3C4(c3ccccc3)c3ccccc3)n2)cc1. The molecule has 0 unspecified atom stereocenters. The van der Waals surface area contributed by atoms with Crippen LogP contribution < -0.4 is 5.73 Å². The van der Waals surface area contributed by atoms with Gasteiger partial charge in [0.25, 0.3) is 0 Å². The van der Waals surface area contributed by atoms with Gasteiger partial charge in [0, 0.05) is 27.9 Å². The zero-order valence-electron chi connectivity index (χ0n) is 27.2. The second-order valence-electron chi connectivity index (χ2n) is 12.6. The third-order valence-corrected chi connectivity index (χ3v) is 9.81. The molecule has 0 aliphatic heterocycles. The fourth-order valence-corrected chi connectivity index (χ4v) is 7.58. The standard InChI is InChI=1S/C46H32N4/c47-41-26-13-11-21-36(41)31-27-29-33(30-28-31)44-48-43(32-15-4-1-5-16-32)49-45(50-44)38-23-14-25-40-42(38)37-22-10-12-24-39(37)46(40,34-17-6-2-7-18-34)35-19-8-3-9-20-35/h1-30H,47H2. The van der Waals surface area contributed by atoms with E-state index in [2.05, 4.69) is 127 Å². The highest BCUT2D eigenvalue weighted by molar-refractivity contribution is 5.94. The first-order chi connectivity index (χ1) is 24.7. The van der Waals surface area contributed by atoms with Crippen molar-refractivity contribution in [2.45, 2.75) is 5.41 Å². The normalized spacial score (nSPS) is 12.6. The van der Waals surface area contributed by atoms with E-state index in [0.717, 1.165) is 39.1 Å². The quantitative estimate of drug-likeness (QED) is 0.184. The lowest BCUT2D eigenvalue weighted by Gasteiger charge is -2.33. The molecule has 0 spiro atoms. The zero-order chi connectivity index (χ0) is 33.5. The van der Waals surface area contributed by atoms with Crippen molar-refractivity contribution in [1.29, 1.82) is 0 Å². The maximum absolute atomic E-state index is 6.31. The fraction of sp³-hybridized carbons (Fsp3) is 0.0217. The number of hydrogen-bond donors (Lipinski definition) is 1. The Balaban J connectivity index is 1.28. The van der Waals surface area contributed by atoms with Crippen molar-refractivity contribution in [2.75, 3.05) is 5.73 Å². The second kappa shape index (κ2) is 12.1. The highest BCUT2D eigenvalue weighted by Crippen LogP contribution is 2.58. The smallest absolute Gasteiger partial charge is 0.164 e. The highest BCUT2D eigenvalue weighted by Gasteiger charge is 2.46. The van der Waals surface area contributed by atoms with E-state index < -0.39 is 5.41 Å². The van der Waals surface area contributed by atoms with Crippen LogP contribution in [0.15, 0.2) is 182 Å². The average Bonchev–Trinajstić information content (AvgIpc) is 3.50. The van der Waals surface area contributed by atoms with E-state index >= 15 is 0 Å². The van der Waals surface area contributed by atoms with E-state index in [1.165, 1.54) is 27.8 Å². The molecule has 9 rings (SSSR count). The molecular weight excluding hydrogens is 609 g/mol. The average molecular weight is 641 g/mol. The number of fused-ring (bicyclic) bond motifs is 3. The number of hydrogen-bond acceptors (Lipinski definition) is 4. The number of aromatic nitrogens is 3. The summed E-state index contributed by atoms with van der Waals surface area (Å²) in [6, 6.07) is 63.4. The van der Waals surface area contributed by atoms with Crippen molar-refractivity contribution in [1.82, 2.24) is 15.0 Å². The van der Waals surface area contributed by atoms with E-state index in [-0.39, 0.29) is 0 Å². The molecule has 0 atom stereocenters. The Morgan fingerprint density at radius 3 is 1.44 bits per heavy atom. The van der Waals surface area contributed by atoms with Crippen LogP contribution in [0.25, 0.3) is 56.4 Å². The molecule has 1 heterocycles. The molecule has 1 aromatic heterocycles. The predicted octanol–water partition coefficient (Wildman–Crippen LogP) is 10.5. The Kier molecular flexibility index (Phi) is 7.14. The Morgan fingerprint density at radius 1 is 0.340 bits per heavy atom. The van der Waals surface area contributed by atoms with E-state index in [4.69, 9.17) is 20.7 Å². The molecule has 0 fully saturated rings. The van der Waals surface area contributed by atoms with Gasteiger partial charge in [-0.15, -0.1) is 0 Å². The van der Waals surface area contributed by atoms with Gasteiger partial charge in [-0.2, -0.15) is 0 Å². The first kappa shape index (κ1) is 29.5. The van der Waals surface area contributed by atoms with Gasteiger partial charge in [-0.1, -0.05) is 176 Å². The lowest BCUT2D eigenvalue weighted by Crippen LogP contribution is -2.28. The monoisotopic (exact) mass is 640 g/mol. The van der Waals surface area contributed by atoms with E-state index in [1.54, 1.807) is 0 Å². The molecule has 4 nitrogen and oxygen atoms in total. The topological polar surface area (TPSA) is 64.7 Å². The van der Waals surface area contributed by atoms with Crippen molar-refractivity contribution < 1.29 is 0 Å². The molecule has 2 N–H and O–H groups in total. The van der Waals surface area contributed by atoms with Gasteiger partial charge in [-0.3, -0.25) is 0 Å². The summed E-state index contributed by atoms with van der Waals surface area (Å²) in [5, 5.41) is 0. The lowest BCUT2D eigenvalue weighted by molar-refractivity contribution is 0.768. The summed E-state index contributed by atoms with van der Waals surface area (Å²) in [7, 11) is 0. The van der Waals surface area contributed by atoms with Crippen LogP contribution in [0.4, 0.5) is 5.69 Å². The largest absolute Gasteiger partial charge is 0.398 e. The minimum atomic E-state index is -0.516. The second-order valence-corrected chi connectivity index (χ2v) is 12.6. The third kappa shape index (κ3) is 4.73. The van der Waals surface area contributed by atoms with Crippen molar-refractivity contribution in [2.24, 2.45) is 0 Å². The van der Waals surface area contributed by atoms with Crippen LogP contribution in [0.1, 0.15) is 22.3 Å². The third-order valence-electron chi connectivity index (χ3n) is 9.81. The molecule has 0 saturated heterocycles. The number of nitrogens with two attached hydrogens (primary N) is 1. The summed E-state index contributed by atoms with van der Waals surface area (Å²) in [6.07, 6.45) is 0. The number of anilines is 1. The van der Waals surface area contributed by atoms with Gasteiger partial charge >= 0.3 is 0 Å².